The first kappa shape index (κ1) is 18.2. The fraction of sp³-hybridized carbons (Fsp3) is 0.174. The number of nitrogens with zero attached hydrogens (tertiary/aromatic N) is 3. The lowest BCUT2D eigenvalue weighted by atomic mass is 10.1. The Labute approximate surface area is 174 Å². The number of benzene rings is 2. The maximum Gasteiger partial charge on any atom is 0.224 e. The molecule has 4 N–H and O–H groups in total. The predicted molar refractivity (Wildman–Crippen MR) is 121 cm³/mol. The van der Waals surface area contributed by atoms with E-state index in [-0.39, 0.29) is 0 Å². The summed E-state index contributed by atoms with van der Waals surface area (Å²) in [6, 6.07) is 14.5. The molecule has 150 valence electrons. The topological polar surface area (TPSA) is 94.3 Å². The van der Waals surface area contributed by atoms with E-state index in [9.17, 15) is 0 Å². The van der Waals surface area contributed by atoms with Crippen LogP contribution in [0.1, 0.15) is 16.7 Å². The third-order valence-electron chi connectivity index (χ3n) is 5.21. The Balaban J connectivity index is 1.19. The molecule has 0 spiro atoms. The average molecular weight is 397 g/mol. The van der Waals surface area contributed by atoms with Gasteiger partial charge in [-0.3, -0.25) is 0 Å². The molecular weight excluding hydrogens is 374 g/mol. The smallest absolute Gasteiger partial charge is 0.224 e. The van der Waals surface area contributed by atoms with Crippen LogP contribution in [0.4, 0.5) is 11.8 Å². The van der Waals surface area contributed by atoms with Crippen molar-refractivity contribution >= 4 is 33.7 Å². The predicted octanol–water partition coefficient (Wildman–Crippen LogP) is 4.41. The number of H-pyrrole nitrogens is 2. The Morgan fingerprint density at radius 1 is 0.933 bits per heavy atom. The van der Waals surface area contributed by atoms with Crippen molar-refractivity contribution < 1.29 is 0 Å². The third kappa shape index (κ3) is 3.82. The summed E-state index contributed by atoms with van der Waals surface area (Å²) in [5, 5.41) is 7.97. The number of fused-ring (bicyclic) bond motifs is 2. The molecule has 3 aromatic heterocycles. The van der Waals surface area contributed by atoms with Gasteiger partial charge in [-0.2, -0.15) is 4.98 Å². The van der Waals surface area contributed by atoms with E-state index in [1.165, 1.54) is 22.0 Å². The molecule has 30 heavy (non-hydrogen) atoms. The van der Waals surface area contributed by atoms with Gasteiger partial charge in [0.25, 0.3) is 0 Å². The zero-order valence-electron chi connectivity index (χ0n) is 16.7. The molecule has 0 aliphatic rings. The summed E-state index contributed by atoms with van der Waals surface area (Å²) in [4.78, 5) is 19.6. The van der Waals surface area contributed by atoms with Crippen LogP contribution in [0.3, 0.4) is 0 Å². The maximum absolute atomic E-state index is 4.57. The molecule has 2 aromatic carbocycles. The molecule has 0 fully saturated rings. The second-order valence-corrected chi connectivity index (χ2v) is 7.41. The number of nitrogens with one attached hydrogen (secondary N) is 4. The van der Waals surface area contributed by atoms with Crippen LogP contribution in [0, 0.1) is 6.92 Å². The molecule has 0 unspecified atom stereocenters. The van der Waals surface area contributed by atoms with E-state index in [4.69, 9.17) is 0 Å². The van der Waals surface area contributed by atoms with Crippen molar-refractivity contribution in [2.24, 2.45) is 0 Å². The molecule has 0 radical (unpaired) electrons. The summed E-state index contributed by atoms with van der Waals surface area (Å²) in [6.45, 7) is 3.56. The number of anilines is 2. The van der Waals surface area contributed by atoms with Gasteiger partial charge in [-0.25, -0.2) is 9.97 Å². The van der Waals surface area contributed by atoms with Crippen LogP contribution >= 0.6 is 0 Å². The number of aromatic amines is 2. The molecule has 0 saturated heterocycles. The molecule has 0 saturated carbocycles. The summed E-state index contributed by atoms with van der Waals surface area (Å²) in [5.74, 6) is 1.42. The monoisotopic (exact) mass is 397 g/mol. The van der Waals surface area contributed by atoms with Crippen molar-refractivity contribution in [3.63, 3.8) is 0 Å². The first-order valence-corrected chi connectivity index (χ1v) is 10.0. The lowest BCUT2D eigenvalue weighted by Gasteiger charge is -2.09. The van der Waals surface area contributed by atoms with Crippen molar-refractivity contribution in [1.29, 1.82) is 0 Å². The quantitative estimate of drug-likeness (QED) is 0.326. The number of hydrogen-bond acceptors (Lipinski definition) is 5. The Hall–Kier alpha value is -3.87. The van der Waals surface area contributed by atoms with Crippen LogP contribution in [0.25, 0.3) is 21.9 Å². The lowest BCUT2D eigenvalue weighted by molar-refractivity contribution is 0.985. The van der Waals surface area contributed by atoms with E-state index < -0.39 is 0 Å². The van der Waals surface area contributed by atoms with Crippen LogP contribution in [-0.2, 0) is 13.0 Å². The second-order valence-electron chi connectivity index (χ2n) is 7.41. The van der Waals surface area contributed by atoms with Crippen LogP contribution in [-0.4, -0.2) is 31.5 Å². The number of aromatic nitrogens is 5. The van der Waals surface area contributed by atoms with E-state index in [1.54, 1.807) is 12.5 Å². The van der Waals surface area contributed by atoms with Gasteiger partial charge < -0.3 is 20.6 Å². The van der Waals surface area contributed by atoms with Crippen molar-refractivity contribution in [2.75, 3.05) is 17.2 Å². The number of aryl methyl sites for hydroxylation is 1. The molecule has 3 heterocycles. The Kier molecular flexibility index (Phi) is 4.77. The highest BCUT2D eigenvalue weighted by Gasteiger charge is 2.05. The minimum atomic E-state index is 0.625. The molecule has 0 aliphatic heterocycles. The highest BCUT2D eigenvalue weighted by molar-refractivity contribution is 5.83. The normalized spacial score (nSPS) is 11.2. The minimum Gasteiger partial charge on any atom is -0.366 e. The molecule has 0 amide bonds. The molecule has 0 bridgehead atoms. The molecular formula is C23H23N7. The van der Waals surface area contributed by atoms with Crippen LogP contribution in [0.5, 0.6) is 0 Å². The van der Waals surface area contributed by atoms with Gasteiger partial charge in [0.15, 0.2) is 0 Å². The summed E-state index contributed by atoms with van der Waals surface area (Å²) < 4.78 is 0. The largest absolute Gasteiger partial charge is 0.366 e. The summed E-state index contributed by atoms with van der Waals surface area (Å²) in [6.07, 6.45) is 6.46. The van der Waals surface area contributed by atoms with Gasteiger partial charge in [-0.15, -0.1) is 0 Å². The van der Waals surface area contributed by atoms with Crippen molar-refractivity contribution in [3.05, 3.63) is 77.9 Å². The fourth-order valence-electron chi connectivity index (χ4n) is 3.64. The van der Waals surface area contributed by atoms with Crippen LogP contribution in [0.2, 0.25) is 0 Å². The van der Waals surface area contributed by atoms with Gasteiger partial charge in [0.05, 0.1) is 17.4 Å². The molecule has 5 rings (SSSR count). The molecule has 5 aromatic rings. The molecule has 7 nitrogen and oxygen atoms in total. The second kappa shape index (κ2) is 7.87. The van der Waals surface area contributed by atoms with Crippen molar-refractivity contribution in [1.82, 2.24) is 24.9 Å². The third-order valence-corrected chi connectivity index (χ3v) is 5.21. The molecule has 0 aliphatic carbocycles. The highest BCUT2D eigenvalue weighted by atomic mass is 15.1. The van der Waals surface area contributed by atoms with Gasteiger partial charge in [-0.05, 0) is 54.8 Å². The summed E-state index contributed by atoms with van der Waals surface area (Å²) in [5.41, 5.74) is 6.90. The standard InChI is InChI=1S/C23H23N7/c1-15-2-4-19-18(10-15)17(13-26-19)6-8-24-23-25-9-7-22(30-23)27-12-16-3-5-20-21(11-16)29-14-28-20/h2-5,7,9-11,13-14,26H,6,8,12H2,1H3,(H,28,29)(H2,24,25,27,30). The first-order valence-electron chi connectivity index (χ1n) is 10.0. The summed E-state index contributed by atoms with van der Waals surface area (Å²) >= 11 is 0. The Morgan fingerprint density at radius 3 is 2.87 bits per heavy atom. The Bertz CT molecular complexity index is 1300. The van der Waals surface area contributed by atoms with E-state index in [0.29, 0.717) is 12.5 Å². The van der Waals surface area contributed by atoms with Gasteiger partial charge in [0.2, 0.25) is 5.95 Å². The van der Waals surface area contributed by atoms with Gasteiger partial charge in [-0.1, -0.05) is 17.7 Å². The maximum atomic E-state index is 4.57. The zero-order chi connectivity index (χ0) is 20.3. The number of hydrogen-bond donors (Lipinski definition) is 4. The SMILES string of the molecule is Cc1ccc2[nH]cc(CCNc3nccc(NCc4ccc5nc[nH]c5c4)n3)c2c1. The van der Waals surface area contributed by atoms with Gasteiger partial charge in [0.1, 0.15) is 5.82 Å². The average Bonchev–Trinajstić information content (AvgIpc) is 3.39. The van der Waals surface area contributed by atoms with Gasteiger partial charge >= 0.3 is 0 Å². The minimum absolute atomic E-state index is 0.625. The van der Waals surface area contributed by atoms with E-state index in [0.717, 1.165) is 35.4 Å². The van der Waals surface area contributed by atoms with Crippen molar-refractivity contribution in [2.45, 2.75) is 19.9 Å². The fourth-order valence-corrected chi connectivity index (χ4v) is 3.64. The lowest BCUT2D eigenvalue weighted by Crippen LogP contribution is -2.09. The van der Waals surface area contributed by atoms with Crippen molar-refractivity contribution in [3.8, 4) is 0 Å². The highest BCUT2D eigenvalue weighted by Crippen LogP contribution is 2.20. The van der Waals surface area contributed by atoms with E-state index >= 15 is 0 Å². The summed E-state index contributed by atoms with van der Waals surface area (Å²) in [7, 11) is 0. The zero-order valence-corrected chi connectivity index (χ0v) is 16.7. The molecule has 7 heteroatoms. The van der Waals surface area contributed by atoms with E-state index in [2.05, 4.69) is 79.0 Å². The number of rotatable bonds is 7. The van der Waals surface area contributed by atoms with E-state index in [1.807, 2.05) is 12.1 Å². The molecule has 0 atom stereocenters. The first-order chi connectivity index (χ1) is 14.7. The van der Waals surface area contributed by atoms with Crippen LogP contribution < -0.4 is 10.6 Å². The number of imidazole rings is 1. The van der Waals surface area contributed by atoms with Gasteiger partial charge in [0, 0.05) is 36.4 Å². The van der Waals surface area contributed by atoms with Crippen LogP contribution in [0.15, 0.2) is 61.2 Å². The Morgan fingerprint density at radius 2 is 1.90 bits per heavy atom.